The standard InChI is InChI=1S/C17H32O3.4CH4/c1-8-12-19-16(6,14(2)3)9-10-17(7,15(4)5)20-13-11-18;;;;/h14-15,18H,8,11-13H2,1-7H3;4*1H4. The van der Waals surface area contributed by atoms with E-state index in [0.29, 0.717) is 19.1 Å². The second-order valence-electron chi connectivity index (χ2n) is 6.19. The van der Waals surface area contributed by atoms with E-state index in [1.165, 1.54) is 0 Å². The van der Waals surface area contributed by atoms with Gasteiger partial charge in [-0.1, -0.05) is 76.2 Å². The van der Waals surface area contributed by atoms with Crippen LogP contribution in [0.4, 0.5) is 0 Å². The Morgan fingerprint density at radius 1 is 0.792 bits per heavy atom. The molecule has 0 aliphatic heterocycles. The van der Waals surface area contributed by atoms with Gasteiger partial charge in [-0.2, -0.15) is 0 Å². The Hall–Kier alpha value is -0.560. The molecular formula is C21H48O3. The van der Waals surface area contributed by atoms with Crippen molar-refractivity contribution in [3.63, 3.8) is 0 Å². The molecule has 1 N–H and O–H groups in total. The van der Waals surface area contributed by atoms with Crippen LogP contribution < -0.4 is 0 Å². The van der Waals surface area contributed by atoms with E-state index >= 15 is 0 Å². The molecule has 0 amide bonds. The molecule has 3 heteroatoms. The highest BCUT2D eigenvalue weighted by Gasteiger charge is 2.31. The third-order valence-corrected chi connectivity index (χ3v) is 3.86. The first-order valence-electron chi connectivity index (χ1n) is 7.65. The number of hydrogen-bond acceptors (Lipinski definition) is 3. The zero-order valence-electron chi connectivity index (χ0n) is 14.2. The van der Waals surface area contributed by atoms with E-state index < -0.39 is 11.2 Å². The molecule has 0 saturated carbocycles. The summed E-state index contributed by atoms with van der Waals surface area (Å²) >= 11 is 0. The molecule has 0 spiro atoms. The zero-order chi connectivity index (χ0) is 15.8. The van der Waals surface area contributed by atoms with Gasteiger partial charge >= 0.3 is 0 Å². The number of aliphatic hydroxyl groups excluding tert-OH is 1. The van der Waals surface area contributed by atoms with Crippen molar-refractivity contribution in [2.75, 3.05) is 19.8 Å². The van der Waals surface area contributed by atoms with Crippen LogP contribution in [-0.2, 0) is 9.47 Å². The van der Waals surface area contributed by atoms with E-state index in [1.807, 2.05) is 13.8 Å². The fourth-order valence-corrected chi connectivity index (χ4v) is 1.51. The molecule has 150 valence electrons. The highest BCUT2D eigenvalue weighted by molar-refractivity contribution is 5.22. The molecule has 3 nitrogen and oxygen atoms in total. The van der Waals surface area contributed by atoms with Crippen molar-refractivity contribution in [2.24, 2.45) is 11.8 Å². The van der Waals surface area contributed by atoms with Crippen LogP contribution in [0.3, 0.4) is 0 Å². The molecule has 0 rings (SSSR count). The van der Waals surface area contributed by atoms with Gasteiger partial charge < -0.3 is 14.6 Å². The molecule has 0 aromatic heterocycles. The maximum atomic E-state index is 8.95. The zero-order valence-corrected chi connectivity index (χ0v) is 14.2. The quantitative estimate of drug-likeness (QED) is 0.563. The van der Waals surface area contributed by atoms with Crippen LogP contribution in [0.25, 0.3) is 0 Å². The van der Waals surface area contributed by atoms with Gasteiger partial charge in [0.05, 0.1) is 13.2 Å². The highest BCUT2D eigenvalue weighted by atomic mass is 16.5. The minimum Gasteiger partial charge on any atom is -0.394 e. The van der Waals surface area contributed by atoms with Crippen molar-refractivity contribution >= 4 is 0 Å². The molecule has 0 heterocycles. The summed E-state index contributed by atoms with van der Waals surface area (Å²) in [6.45, 7) is 15.5. The van der Waals surface area contributed by atoms with Gasteiger partial charge in [0.2, 0.25) is 0 Å². The molecule has 0 bridgehead atoms. The predicted molar refractivity (Wildman–Crippen MR) is 110 cm³/mol. The Morgan fingerprint density at radius 3 is 1.38 bits per heavy atom. The summed E-state index contributed by atoms with van der Waals surface area (Å²) in [7, 11) is 0. The van der Waals surface area contributed by atoms with Crippen LogP contribution in [0.2, 0.25) is 0 Å². The third kappa shape index (κ3) is 11.1. The van der Waals surface area contributed by atoms with Crippen LogP contribution in [-0.4, -0.2) is 36.1 Å². The predicted octanol–water partition coefficient (Wildman–Crippen LogP) is 5.80. The summed E-state index contributed by atoms with van der Waals surface area (Å²) in [5.41, 5.74) is -1.02. The SMILES string of the molecule is C.C.C.C.CCCOC(C)(C#CC(C)(OCCO)C(C)C)C(C)C. The highest BCUT2D eigenvalue weighted by Crippen LogP contribution is 2.24. The largest absolute Gasteiger partial charge is 0.394 e. The summed E-state index contributed by atoms with van der Waals surface area (Å²) in [6, 6.07) is 0. The molecule has 0 aromatic rings. The smallest absolute Gasteiger partial charge is 0.128 e. The van der Waals surface area contributed by atoms with E-state index in [-0.39, 0.29) is 42.2 Å². The Bertz CT molecular complexity index is 298. The fraction of sp³-hybridized carbons (Fsp3) is 0.905. The molecular weight excluding hydrogens is 300 g/mol. The molecule has 24 heavy (non-hydrogen) atoms. The van der Waals surface area contributed by atoms with Gasteiger partial charge in [0.1, 0.15) is 11.2 Å². The minimum absolute atomic E-state index is 0. The van der Waals surface area contributed by atoms with E-state index in [4.69, 9.17) is 14.6 Å². The van der Waals surface area contributed by atoms with Crippen LogP contribution in [0.15, 0.2) is 0 Å². The Kier molecular flexibility index (Phi) is 23.1. The fourth-order valence-electron chi connectivity index (χ4n) is 1.51. The maximum Gasteiger partial charge on any atom is 0.128 e. The topological polar surface area (TPSA) is 38.7 Å². The van der Waals surface area contributed by atoms with E-state index in [1.54, 1.807) is 0 Å². The van der Waals surface area contributed by atoms with Gasteiger partial charge in [0, 0.05) is 6.61 Å². The second kappa shape index (κ2) is 15.9. The van der Waals surface area contributed by atoms with Gasteiger partial charge in [0.25, 0.3) is 0 Å². The lowest BCUT2D eigenvalue weighted by Gasteiger charge is -2.32. The number of aliphatic hydroxyl groups is 1. The average Bonchev–Trinajstić information content (AvgIpc) is 2.40. The van der Waals surface area contributed by atoms with Crippen molar-refractivity contribution in [1.29, 1.82) is 0 Å². The van der Waals surface area contributed by atoms with Gasteiger partial charge in [-0.3, -0.25) is 0 Å². The third-order valence-electron chi connectivity index (χ3n) is 3.86. The second-order valence-corrected chi connectivity index (χ2v) is 6.19. The van der Waals surface area contributed by atoms with Crippen molar-refractivity contribution in [2.45, 2.75) is 95.8 Å². The van der Waals surface area contributed by atoms with Gasteiger partial charge in [-0.25, -0.2) is 0 Å². The Morgan fingerprint density at radius 2 is 1.12 bits per heavy atom. The first-order chi connectivity index (χ1) is 9.22. The summed E-state index contributed by atoms with van der Waals surface area (Å²) in [6.07, 6.45) is 0.979. The van der Waals surface area contributed by atoms with E-state index in [0.717, 1.165) is 6.42 Å². The molecule has 0 radical (unpaired) electrons. The number of ether oxygens (including phenoxy) is 2. The molecule has 0 aromatic carbocycles. The molecule has 0 aliphatic rings. The Balaban J connectivity index is -0.000000301. The van der Waals surface area contributed by atoms with Crippen LogP contribution >= 0.6 is 0 Å². The van der Waals surface area contributed by atoms with Gasteiger partial charge in [-0.15, -0.1) is 0 Å². The van der Waals surface area contributed by atoms with Crippen LogP contribution in [0.1, 0.15) is 84.6 Å². The van der Waals surface area contributed by atoms with Gasteiger partial charge in [-0.05, 0) is 32.1 Å². The molecule has 0 saturated heterocycles. The Labute approximate surface area is 154 Å². The summed E-state index contributed by atoms with van der Waals surface area (Å²) < 4.78 is 11.7. The number of rotatable bonds is 8. The van der Waals surface area contributed by atoms with Crippen molar-refractivity contribution in [1.82, 2.24) is 0 Å². The van der Waals surface area contributed by atoms with Crippen LogP contribution in [0.5, 0.6) is 0 Å². The van der Waals surface area contributed by atoms with E-state index in [2.05, 4.69) is 46.5 Å². The molecule has 0 fully saturated rings. The average molecular weight is 349 g/mol. The van der Waals surface area contributed by atoms with Crippen molar-refractivity contribution in [3.8, 4) is 11.8 Å². The normalized spacial score (nSPS) is 14.6. The minimum atomic E-state index is -0.561. The van der Waals surface area contributed by atoms with Crippen LogP contribution in [0, 0.1) is 23.7 Å². The summed E-state index contributed by atoms with van der Waals surface area (Å²) in [5, 5.41) is 8.95. The lowest BCUT2D eigenvalue weighted by Crippen LogP contribution is -2.38. The molecule has 0 aliphatic carbocycles. The maximum absolute atomic E-state index is 8.95. The summed E-state index contributed by atoms with van der Waals surface area (Å²) in [4.78, 5) is 0. The monoisotopic (exact) mass is 348 g/mol. The molecule has 2 atom stereocenters. The molecule has 2 unspecified atom stereocenters. The van der Waals surface area contributed by atoms with E-state index in [9.17, 15) is 0 Å². The lowest BCUT2D eigenvalue weighted by atomic mass is 9.88. The van der Waals surface area contributed by atoms with Gasteiger partial charge in [0.15, 0.2) is 0 Å². The van der Waals surface area contributed by atoms with Crippen molar-refractivity contribution in [3.05, 3.63) is 0 Å². The summed E-state index contributed by atoms with van der Waals surface area (Å²) in [5.74, 6) is 7.08. The first-order valence-corrected chi connectivity index (χ1v) is 7.65. The first kappa shape index (κ1) is 34.7. The number of hydrogen-bond donors (Lipinski definition) is 1. The lowest BCUT2D eigenvalue weighted by molar-refractivity contribution is -0.0378. The van der Waals surface area contributed by atoms with Crippen molar-refractivity contribution < 1.29 is 14.6 Å².